The van der Waals surface area contributed by atoms with Gasteiger partial charge >= 0.3 is 0 Å². The van der Waals surface area contributed by atoms with Crippen LogP contribution in [0.1, 0.15) is 78.6 Å². The maximum absolute atomic E-state index is 12.4. The molecule has 0 radical (unpaired) electrons. The lowest BCUT2D eigenvalue weighted by molar-refractivity contribution is -0.143. The van der Waals surface area contributed by atoms with Crippen LogP contribution in [-0.2, 0) is 9.59 Å². The quantitative estimate of drug-likeness (QED) is 0.696. The number of Topliss-reactive ketones (excluding diaryl/α,β-unsaturated/α-hetero) is 2. The van der Waals surface area contributed by atoms with Crippen LogP contribution in [0.5, 0.6) is 0 Å². The van der Waals surface area contributed by atoms with Crippen LogP contribution in [0.25, 0.3) is 0 Å². The minimum absolute atomic E-state index is 0.000942. The lowest BCUT2D eigenvalue weighted by atomic mass is 9.44. The fourth-order valence-corrected chi connectivity index (χ4v) is 7.40. The van der Waals surface area contributed by atoms with Crippen LogP contribution in [-0.4, -0.2) is 11.6 Å². The second-order valence-electron chi connectivity index (χ2n) is 9.66. The number of hydrogen-bond donors (Lipinski definition) is 0. The van der Waals surface area contributed by atoms with E-state index in [1.165, 1.54) is 25.7 Å². The van der Waals surface area contributed by atoms with Crippen LogP contribution in [0.15, 0.2) is 0 Å². The van der Waals surface area contributed by atoms with E-state index in [2.05, 4.69) is 13.8 Å². The van der Waals surface area contributed by atoms with E-state index in [9.17, 15) is 9.59 Å². The third-order valence-corrected chi connectivity index (χ3v) is 8.95. The molecule has 4 aliphatic carbocycles. The number of hydrogen-bond acceptors (Lipinski definition) is 2. The van der Waals surface area contributed by atoms with Crippen molar-refractivity contribution in [1.82, 2.24) is 0 Å². The van der Waals surface area contributed by atoms with Crippen LogP contribution < -0.4 is 0 Å². The van der Waals surface area contributed by atoms with E-state index in [0.717, 1.165) is 49.9 Å². The SMILES string of the molecule is CC(=O)[C@H]1CC[C@@]2(C)[C@H](CC[C@H]3[C@H]4CCC(=O)[C@]4(C)CC[C@@H]32)C1. The molecule has 0 aliphatic heterocycles. The Morgan fingerprint density at radius 2 is 1.78 bits per heavy atom. The fourth-order valence-electron chi connectivity index (χ4n) is 7.40. The summed E-state index contributed by atoms with van der Waals surface area (Å²) in [5, 5.41) is 0. The Balaban J connectivity index is 1.59. The van der Waals surface area contributed by atoms with E-state index >= 15 is 0 Å². The maximum Gasteiger partial charge on any atom is 0.139 e. The monoisotopic (exact) mass is 316 g/mol. The van der Waals surface area contributed by atoms with Crippen molar-refractivity contribution >= 4 is 11.6 Å². The van der Waals surface area contributed by atoms with Gasteiger partial charge in [-0.1, -0.05) is 13.8 Å². The predicted molar refractivity (Wildman–Crippen MR) is 90.9 cm³/mol. The molecule has 0 N–H and O–H groups in total. The molecule has 0 unspecified atom stereocenters. The predicted octanol–water partition coefficient (Wildman–Crippen LogP) is 4.80. The standard InChI is InChI=1S/C21H32O2/c1-13(22)14-8-10-20(2)15(12-14)4-5-16-17-6-7-19(23)21(17,3)11-9-18(16)20/h14-18H,4-12H2,1-3H3/t14-,15+,16-,17+,18-,20-,21+/m0/s1. The molecule has 0 aromatic heterocycles. The second kappa shape index (κ2) is 5.17. The smallest absolute Gasteiger partial charge is 0.139 e. The Morgan fingerprint density at radius 3 is 2.52 bits per heavy atom. The van der Waals surface area contributed by atoms with E-state index in [0.29, 0.717) is 28.8 Å². The molecule has 2 nitrogen and oxygen atoms in total. The Labute approximate surface area is 140 Å². The topological polar surface area (TPSA) is 34.1 Å². The summed E-state index contributed by atoms with van der Waals surface area (Å²) in [5.41, 5.74) is 0.433. The lowest BCUT2D eigenvalue weighted by Crippen LogP contribution is -2.53. The van der Waals surface area contributed by atoms with Gasteiger partial charge in [-0.3, -0.25) is 9.59 Å². The number of ketones is 2. The highest BCUT2D eigenvalue weighted by molar-refractivity contribution is 5.87. The zero-order valence-corrected chi connectivity index (χ0v) is 15.1. The fraction of sp³-hybridized carbons (Fsp3) is 0.905. The average Bonchev–Trinajstić information content (AvgIpc) is 2.82. The summed E-state index contributed by atoms with van der Waals surface area (Å²) >= 11 is 0. The highest BCUT2D eigenvalue weighted by Gasteiger charge is 2.60. The minimum Gasteiger partial charge on any atom is -0.300 e. The van der Waals surface area contributed by atoms with E-state index in [1.807, 2.05) is 0 Å². The van der Waals surface area contributed by atoms with Gasteiger partial charge < -0.3 is 0 Å². The van der Waals surface area contributed by atoms with Crippen molar-refractivity contribution in [2.45, 2.75) is 78.6 Å². The molecule has 128 valence electrons. The van der Waals surface area contributed by atoms with Gasteiger partial charge in [-0.05, 0) is 87.4 Å². The third kappa shape index (κ3) is 2.12. The molecular weight excluding hydrogens is 284 g/mol. The van der Waals surface area contributed by atoms with Crippen molar-refractivity contribution in [2.75, 3.05) is 0 Å². The van der Waals surface area contributed by atoms with E-state index in [1.54, 1.807) is 6.92 Å². The van der Waals surface area contributed by atoms with Gasteiger partial charge in [-0.25, -0.2) is 0 Å². The van der Waals surface area contributed by atoms with Crippen LogP contribution >= 0.6 is 0 Å². The van der Waals surface area contributed by atoms with Crippen molar-refractivity contribution in [2.24, 2.45) is 40.4 Å². The van der Waals surface area contributed by atoms with Crippen molar-refractivity contribution in [3.63, 3.8) is 0 Å². The Hall–Kier alpha value is -0.660. The zero-order chi connectivity index (χ0) is 16.4. The summed E-state index contributed by atoms with van der Waals surface area (Å²) in [5.74, 6) is 4.25. The summed E-state index contributed by atoms with van der Waals surface area (Å²) < 4.78 is 0. The molecule has 7 atom stereocenters. The first-order valence-corrected chi connectivity index (χ1v) is 9.90. The first-order valence-electron chi connectivity index (χ1n) is 9.90. The minimum atomic E-state index is 0.000942. The molecule has 0 spiro atoms. The van der Waals surface area contributed by atoms with Crippen LogP contribution in [0.3, 0.4) is 0 Å². The molecule has 0 heterocycles. The van der Waals surface area contributed by atoms with Crippen LogP contribution in [0.2, 0.25) is 0 Å². The van der Waals surface area contributed by atoms with E-state index in [-0.39, 0.29) is 5.41 Å². The van der Waals surface area contributed by atoms with Crippen LogP contribution in [0.4, 0.5) is 0 Å². The highest BCUT2D eigenvalue weighted by Crippen LogP contribution is 2.65. The maximum atomic E-state index is 12.4. The molecule has 4 rings (SSSR count). The highest BCUT2D eigenvalue weighted by atomic mass is 16.1. The zero-order valence-electron chi connectivity index (χ0n) is 15.1. The Morgan fingerprint density at radius 1 is 1.00 bits per heavy atom. The summed E-state index contributed by atoms with van der Waals surface area (Å²) in [7, 11) is 0. The molecule has 0 aromatic carbocycles. The van der Waals surface area contributed by atoms with Gasteiger partial charge in [0.05, 0.1) is 0 Å². The van der Waals surface area contributed by atoms with Gasteiger partial charge in [0, 0.05) is 17.8 Å². The van der Waals surface area contributed by atoms with Gasteiger partial charge in [0.15, 0.2) is 0 Å². The second-order valence-corrected chi connectivity index (χ2v) is 9.66. The molecule has 4 fully saturated rings. The number of fused-ring (bicyclic) bond motifs is 5. The number of carbonyl (C=O) groups excluding carboxylic acids is 2. The Bertz CT molecular complexity index is 538. The molecule has 0 bridgehead atoms. The largest absolute Gasteiger partial charge is 0.300 e. The third-order valence-electron chi connectivity index (χ3n) is 8.95. The molecule has 0 aromatic rings. The number of rotatable bonds is 1. The van der Waals surface area contributed by atoms with Gasteiger partial charge in [0.1, 0.15) is 11.6 Å². The molecular formula is C21H32O2. The first-order chi connectivity index (χ1) is 10.9. The van der Waals surface area contributed by atoms with Crippen molar-refractivity contribution in [3.05, 3.63) is 0 Å². The van der Waals surface area contributed by atoms with Crippen LogP contribution in [0, 0.1) is 40.4 Å². The van der Waals surface area contributed by atoms with Gasteiger partial charge in [-0.15, -0.1) is 0 Å². The molecule has 4 aliphatic rings. The van der Waals surface area contributed by atoms with Crippen molar-refractivity contribution in [3.8, 4) is 0 Å². The molecule has 2 heteroatoms. The molecule has 4 saturated carbocycles. The Kier molecular flexibility index (Phi) is 3.56. The summed E-state index contributed by atoms with van der Waals surface area (Å²) in [6.07, 6.45) is 10.4. The molecule has 0 saturated heterocycles. The summed E-state index contributed by atoms with van der Waals surface area (Å²) in [6, 6.07) is 0. The molecule has 0 amide bonds. The average molecular weight is 316 g/mol. The van der Waals surface area contributed by atoms with E-state index < -0.39 is 0 Å². The summed E-state index contributed by atoms with van der Waals surface area (Å²) in [6.45, 7) is 6.59. The van der Waals surface area contributed by atoms with Gasteiger partial charge in [0.2, 0.25) is 0 Å². The number of carbonyl (C=O) groups is 2. The normalized spacial score (nSPS) is 52.5. The van der Waals surface area contributed by atoms with Gasteiger partial charge in [-0.2, -0.15) is 0 Å². The van der Waals surface area contributed by atoms with E-state index in [4.69, 9.17) is 0 Å². The first kappa shape index (κ1) is 15.8. The lowest BCUT2D eigenvalue weighted by Gasteiger charge is -2.60. The van der Waals surface area contributed by atoms with Crippen molar-refractivity contribution in [1.29, 1.82) is 0 Å². The van der Waals surface area contributed by atoms with Crippen molar-refractivity contribution < 1.29 is 9.59 Å². The summed E-state index contributed by atoms with van der Waals surface area (Å²) in [4.78, 5) is 24.3. The van der Waals surface area contributed by atoms with Gasteiger partial charge in [0.25, 0.3) is 0 Å². The molecule has 23 heavy (non-hydrogen) atoms.